The van der Waals surface area contributed by atoms with Crippen molar-refractivity contribution in [1.29, 1.82) is 0 Å². The molecule has 22 heavy (non-hydrogen) atoms. The Hall–Kier alpha value is -1.89. The Balaban J connectivity index is 2.03. The van der Waals surface area contributed by atoms with Gasteiger partial charge in [0.15, 0.2) is 21.4 Å². The van der Waals surface area contributed by atoms with Gasteiger partial charge in [-0.15, -0.1) is 0 Å². The molecule has 1 aromatic rings. The lowest BCUT2D eigenvalue weighted by Crippen LogP contribution is -2.36. The van der Waals surface area contributed by atoms with Crippen LogP contribution in [-0.4, -0.2) is 50.9 Å². The Morgan fingerprint density at radius 2 is 2.18 bits per heavy atom. The first-order chi connectivity index (χ1) is 10.3. The van der Waals surface area contributed by atoms with Crippen LogP contribution in [0.5, 0.6) is 5.75 Å². The lowest BCUT2D eigenvalue weighted by molar-refractivity contribution is -0.126. The third-order valence-electron chi connectivity index (χ3n) is 3.70. The molecule has 1 fully saturated rings. The number of carbonyl (C=O) groups excluding carboxylic acids is 1. The van der Waals surface area contributed by atoms with Crippen molar-refractivity contribution in [3.05, 3.63) is 35.7 Å². The van der Waals surface area contributed by atoms with Gasteiger partial charge in [-0.2, -0.15) is 0 Å². The van der Waals surface area contributed by atoms with E-state index in [0.29, 0.717) is 12.0 Å². The fraction of sp³-hybridized carbons (Fsp3) is 0.400. The van der Waals surface area contributed by atoms with Gasteiger partial charge in [0, 0.05) is 19.2 Å². The maximum atomic E-state index is 13.5. The number of hydrogen-bond donors (Lipinski definition) is 0. The van der Waals surface area contributed by atoms with Gasteiger partial charge in [0.25, 0.3) is 0 Å². The summed E-state index contributed by atoms with van der Waals surface area (Å²) in [5.74, 6) is -0.564. The number of sulfone groups is 1. The van der Waals surface area contributed by atoms with Crippen molar-refractivity contribution in [3.63, 3.8) is 0 Å². The van der Waals surface area contributed by atoms with Gasteiger partial charge in [0.2, 0.25) is 5.91 Å². The molecular formula is C15H18FNO4S. The molecule has 5 nitrogen and oxygen atoms in total. The minimum Gasteiger partial charge on any atom is -0.494 e. The second-order valence-electron chi connectivity index (χ2n) is 5.23. The molecule has 1 aliphatic rings. The number of halogens is 1. The molecule has 7 heteroatoms. The van der Waals surface area contributed by atoms with E-state index in [9.17, 15) is 17.6 Å². The van der Waals surface area contributed by atoms with Gasteiger partial charge >= 0.3 is 0 Å². The first kappa shape index (κ1) is 16.5. The van der Waals surface area contributed by atoms with E-state index in [1.54, 1.807) is 13.1 Å². The van der Waals surface area contributed by atoms with Crippen LogP contribution < -0.4 is 4.74 Å². The van der Waals surface area contributed by atoms with Crippen molar-refractivity contribution in [1.82, 2.24) is 4.90 Å². The van der Waals surface area contributed by atoms with E-state index in [0.717, 1.165) is 0 Å². The summed E-state index contributed by atoms with van der Waals surface area (Å²) in [7, 11) is -0.0827. The number of benzene rings is 1. The zero-order valence-corrected chi connectivity index (χ0v) is 13.3. The van der Waals surface area contributed by atoms with Crippen LogP contribution in [-0.2, 0) is 14.6 Å². The highest BCUT2D eigenvalue weighted by atomic mass is 32.2. The van der Waals surface area contributed by atoms with Crippen LogP contribution >= 0.6 is 0 Å². The van der Waals surface area contributed by atoms with Crippen molar-refractivity contribution < 1.29 is 22.3 Å². The predicted molar refractivity (Wildman–Crippen MR) is 81.8 cm³/mol. The van der Waals surface area contributed by atoms with Crippen LogP contribution in [0.3, 0.4) is 0 Å². The lowest BCUT2D eigenvalue weighted by atomic mass is 10.2. The number of nitrogens with zero attached hydrogens (tertiary/aromatic N) is 1. The summed E-state index contributed by atoms with van der Waals surface area (Å²) < 4.78 is 41.2. The third kappa shape index (κ3) is 3.85. The molecule has 120 valence electrons. The fourth-order valence-electron chi connectivity index (χ4n) is 2.33. The van der Waals surface area contributed by atoms with Crippen LogP contribution in [0.25, 0.3) is 6.08 Å². The van der Waals surface area contributed by atoms with Crippen molar-refractivity contribution in [2.24, 2.45) is 0 Å². The highest BCUT2D eigenvalue weighted by Crippen LogP contribution is 2.19. The molecule has 0 bridgehead atoms. The van der Waals surface area contributed by atoms with E-state index in [1.165, 1.54) is 36.3 Å². The van der Waals surface area contributed by atoms with E-state index in [1.807, 2.05) is 0 Å². The number of likely N-dealkylation sites (N-methyl/N-ethyl adjacent to an activating group) is 1. The third-order valence-corrected chi connectivity index (χ3v) is 5.45. The van der Waals surface area contributed by atoms with Crippen LogP contribution in [0, 0.1) is 5.82 Å². The average Bonchev–Trinajstić information content (AvgIpc) is 2.84. The molecule has 0 aliphatic carbocycles. The summed E-state index contributed by atoms with van der Waals surface area (Å²) in [4.78, 5) is 13.5. The van der Waals surface area contributed by atoms with Crippen LogP contribution in [0.1, 0.15) is 12.0 Å². The van der Waals surface area contributed by atoms with Crippen LogP contribution in [0.4, 0.5) is 4.39 Å². The van der Waals surface area contributed by atoms with Crippen molar-refractivity contribution >= 4 is 21.8 Å². The SMILES string of the molecule is COc1ccc(/C=C/C(=O)N(C)C2CCS(=O)(=O)C2)cc1F. The second kappa shape index (κ2) is 6.48. The Morgan fingerprint density at radius 1 is 1.45 bits per heavy atom. The van der Waals surface area contributed by atoms with E-state index in [-0.39, 0.29) is 29.2 Å². The fourth-order valence-corrected chi connectivity index (χ4v) is 4.11. The zero-order valence-electron chi connectivity index (χ0n) is 12.5. The Kier molecular flexibility index (Phi) is 4.85. The molecule has 0 spiro atoms. The largest absolute Gasteiger partial charge is 0.494 e. The summed E-state index contributed by atoms with van der Waals surface area (Å²) in [6, 6.07) is 4.08. The molecule has 0 N–H and O–H groups in total. The summed E-state index contributed by atoms with van der Waals surface area (Å²) in [6.45, 7) is 0. The van der Waals surface area contributed by atoms with E-state index >= 15 is 0 Å². The number of amides is 1. The smallest absolute Gasteiger partial charge is 0.246 e. The predicted octanol–water partition coefficient (Wildman–Crippen LogP) is 1.49. The Labute approximate surface area is 129 Å². The van der Waals surface area contributed by atoms with Crippen LogP contribution in [0.2, 0.25) is 0 Å². The number of methoxy groups -OCH3 is 1. The molecular weight excluding hydrogens is 309 g/mol. The number of rotatable bonds is 4. The normalized spacial score (nSPS) is 20.2. The van der Waals surface area contributed by atoms with Crippen molar-refractivity contribution in [2.75, 3.05) is 25.7 Å². The van der Waals surface area contributed by atoms with Gasteiger partial charge in [0.1, 0.15) is 0 Å². The lowest BCUT2D eigenvalue weighted by Gasteiger charge is -2.21. The minimum atomic E-state index is -3.04. The molecule has 1 atom stereocenters. The monoisotopic (exact) mass is 327 g/mol. The molecule has 1 aliphatic heterocycles. The van der Waals surface area contributed by atoms with Gasteiger partial charge in [0.05, 0.1) is 18.6 Å². The summed E-state index contributed by atoms with van der Waals surface area (Å²) in [6.07, 6.45) is 3.26. The molecule has 1 heterocycles. The van der Waals surface area contributed by atoms with Gasteiger partial charge in [-0.1, -0.05) is 6.07 Å². The van der Waals surface area contributed by atoms with Gasteiger partial charge < -0.3 is 9.64 Å². The minimum absolute atomic E-state index is 0.000242. The number of ether oxygens (including phenoxy) is 1. The Morgan fingerprint density at radius 3 is 2.73 bits per heavy atom. The zero-order chi connectivity index (χ0) is 16.3. The molecule has 1 unspecified atom stereocenters. The molecule has 0 aromatic heterocycles. The molecule has 1 aromatic carbocycles. The van der Waals surface area contributed by atoms with Crippen molar-refractivity contribution in [2.45, 2.75) is 12.5 Å². The molecule has 1 saturated heterocycles. The maximum absolute atomic E-state index is 13.5. The first-order valence-electron chi connectivity index (χ1n) is 6.81. The van der Waals surface area contributed by atoms with Crippen molar-refractivity contribution in [3.8, 4) is 5.75 Å². The first-order valence-corrected chi connectivity index (χ1v) is 8.63. The second-order valence-corrected chi connectivity index (χ2v) is 7.46. The molecule has 1 amide bonds. The standard InChI is InChI=1S/C15H18FNO4S/c1-17(12-7-8-22(19,20)10-12)15(18)6-4-11-3-5-14(21-2)13(16)9-11/h3-6,9,12H,7-8,10H2,1-2H3/b6-4+. The molecule has 0 saturated carbocycles. The van der Waals surface area contributed by atoms with E-state index in [4.69, 9.17) is 4.74 Å². The van der Waals surface area contributed by atoms with E-state index < -0.39 is 15.7 Å². The summed E-state index contributed by atoms with van der Waals surface area (Å²) in [5.41, 5.74) is 0.527. The van der Waals surface area contributed by atoms with Gasteiger partial charge in [-0.3, -0.25) is 4.79 Å². The van der Waals surface area contributed by atoms with Gasteiger partial charge in [-0.05, 0) is 30.2 Å². The quantitative estimate of drug-likeness (QED) is 0.786. The maximum Gasteiger partial charge on any atom is 0.246 e. The summed E-state index contributed by atoms with van der Waals surface area (Å²) in [5, 5.41) is 0. The highest BCUT2D eigenvalue weighted by molar-refractivity contribution is 7.91. The molecule has 2 rings (SSSR count). The number of hydrogen-bond acceptors (Lipinski definition) is 4. The van der Waals surface area contributed by atoms with E-state index in [2.05, 4.69) is 0 Å². The summed E-state index contributed by atoms with van der Waals surface area (Å²) >= 11 is 0. The molecule has 0 radical (unpaired) electrons. The highest BCUT2D eigenvalue weighted by Gasteiger charge is 2.31. The van der Waals surface area contributed by atoms with Crippen LogP contribution in [0.15, 0.2) is 24.3 Å². The Bertz CT molecular complexity index is 699. The van der Waals surface area contributed by atoms with Gasteiger partial charge in [-0.25, -0.2) is 12.8 Å². The number of carbonyl (C=O) groups is 1. The average molecular weight is 327 g/mol. The topological polar surface area (TPSA) is 63.7 Å².